The molecule has 474 valence electrons. The molecule has 5 heterocycles. The molecule has 4 aliphatic heterocycles. The number of aliphatic hydroxyl groups is 3. The highest BCUT2D eigenvalue weighted by Crippen LogP contribution is 2.36. The Labute approximate surface area is 511 Å². The van der Waals surface area contributed by atoms with Gasteiger partial charge in [-0.1, -0.05) is 71.4 Å². The van der Waals surface area contributed by atoms with Gasteiger partial charge in [0, 0.05) is 112 Å². The molecular formula is C63H86N7O16S+. The molecule has 24 heteroatoms. The molecule has 0 radical (unpaired) electrons. The third kappa shape index (κ3) is 16.7. The molecule has 12 atom stereocenters. The lowest BCUT2D eigenvalue weighted by Gasteiger charge is -2.46. The van der Waals surface area contributed by atoms with E-state index >= 15 is 9.59 Å². The number of nitrogens with one attached hydrogen (secondary N) is 3. The number of esters is 1. The van der Waals surface area contributed by atoms with Crippen LogP contribution in [0.25, 0.3) is 0 Å². The van der Waals surface area contributed by atoms with Gasteiger partial charge < -0.3 is 60.0 Å². The summed E-state index contributed by atoms with van der Waals surface area (Å²) in [5, 5.41) is 51.6. The highest BCUT2D eigenvalue weighted by Gasteiger charge is 2.54. The summed E-state index contributed by atoms with van der Waals surface area (Å²) in [6.45, 7) is 11.3. The van der Waals surface area contributed by atoms with Crippen LogP contribution < -0.4 is 20.7 Å². The number of likely N-dealkylation sites (N-methyl/N-ethyl adjacent to an activating group) is 1. The van der Waals surface area contributed by atoms with Crippen LogP contribution in [0.4, 0.5) is 0 Å². The summed E-state index contributed by atoms with van der Waals surface area (Å²) in [5.41, 5.74) is 0.694. The number of hydrogen-bond acceptors (Lipinski definition) is 18. The van der Waals surface area contributed by atoms with Crippen molar-refractivity contribution < 1.29 is 82.3 Å². The minimum absolute atomic E-state index is 0.0389. The number of hydrogen-bond donors (Lipinski definition) is 7. The smallest absolute Gasteiger partial charge is 0.306 e. The van der Waals surface area contributed by atoms with Gasteiger partial charge in [0.25, 0.3) is 17.7 Å². The van der Waals surface area contributed by atoms with Crippen molar-refractivity contribution in [1.82, 2.24) is 30.7 Å². The van der Waals surface area contributed by atoms with Gasteiger partial charge in [-0.05, 0) is 61.3 Å². The fourth-order valence-electron chi connectivity index (χ4n) is 12.3. The zero-order chi connectivity index (χ0) is 63.5. The van der Waals surface area contributed by atoms with Crippen molar-refractivity contribution in [2.45, 2.75) is 167 Å². The summed E-state index contributed by atoms with van der Waals surface area (Å²) >= 11 is 1.13. The molecule has 0 spiro atoms. The van der Waals surface area contributed by atoms with E-state index in [1.54, 1.807) is 42.5 Å². The Kier molecular flexibility index (Phi) is 23.3. The van der Waals surface area contributed by atoms with Crippen LogP contribution in [0.1, 0.15) is 131 Å². The van der Waals surface area contributed by atoms with Crippen LogP contribution in [-0.4, -0.2) is 188 Å². The molecule has 7 N–H and O–H groups in total. The maximum absolute atomic E-state index is 15.1. The van der Waals surface area contributed by atoms with E-state index in [9.17, 15) is 54.0 Å². The van der Waals surface area contributed by atoms with E-state index in [-0.39, 0.29) is 99.1 Å². The normalized spacial score (nSPS) is 23.8. The van der Waals surface area contributed by atoms with Crippen LogP contribution in [0.2, 0.25) is 0 Å². The molecule has 5 amide bonds. The standard InChI is InChI=1S/C63H85N7O16S/c1-9-37(4)45(59(80)68(7)47(36(2)3)30-52(85-39(6)71)58-67-46(33-87-58)57(79)66-43(25-38(5)60(81)82)27-40-15-11-10-12-16-40)29-49(73)48-17-13-14-24-70(48,8)31-41-18-19-51(86-61-56(78)55(77)50(74)32-84-61)42(26-41)28-44(72)22-23-65-62(83)63(34-64-35-63)69-53(75)20-21-54(69)76/h10-12,15-16,18-21,26,33,36-38,43,45,47-48,50,52,55-56,61,64,74,77-78H,9,13-14,17,22-25,27-32,34-35H2,1-8H3,(H2-,65,66,79,81,82,83)/p+1/t37-,38-,43+,45-,47-,48+,50?,52-,55-,56-,61?,70?/m0/s1. The Bertz CT molecular complexity index is 2990. The fourth-order valence-corrected chi connectivity index (χ4v) is 13.1. The second-order valence-corrected chi connectivity index (χ2v) is 25.4. The van der Waals surface area contributed by atoms with Gasteiger partial charge >= 0.3 is 11.9 Å². The number of carbonyl (C=O) groups excluding carboxylic acids is 8. The van der Waals surface area contributed by atoms with Gasteiger partial charge in [-0.25, -0.2) is 4.98 Å². The summed E-state index contributed by atoms with van der Waals surface area (Å²) < 4.78 is 17.8. The van der Waals surface area contributed by atoms with Crippen molar-refractivity contribution in [3.05, 3.63) is 93.5 Å². The number of ketones is 2. The first-order valence-electron chi connectivity index (χ1n) is 30.1. The van der Waals surface area contributed by atoms with Gasteiger partial charge in [0.15, 0.2) is 17.4 Å². The number of amides is 5. The third-order valence-electron chi connectivity index (χ3n) is 17.7. The van der Waals surface area contributed by atoms with E-state index in [1.165, 1.54) is 6.92 Å². The second kappa shape index (κ2) is 29.9. The number of piperidine rings is 1. The number of benzene rings is 2. The third-order valence-corrected chi connectivity index (χ3v) is 18.6. The lowest BCUT2D eigenvalue weighted by atomic mass is 9.82. The Balaban J connectivity index is 1.05. The Morgan fingerprint density at radius 3 is 2.29 bits per heavy atom. The predicted octanol–water partition coefficient (Wildman–Crippen LogP) is 3.60. The van der Waals surface area contributed by atoms with Crippen LogP contribution in [0.15, 0.2) is 66.1 Å². The number of carboxylic acids is 1. The van der Waals surface area contributed by atoms with Gasteiger partial charge in [0.2, 0.25) is 18.1 Å². The number of aliphatic hydroxyl groups excluding tert-OH is 3. The van der Waals surface area contributed by atoms with Gasteiger partial charge in [0.05, 0.1) is 26.1 Å². The second-order valence-electron chi connectivity index (χ2n) is 24.5. The molecule has 2 aromatic carbocycles. The van der Waals surface area contributed by atoms with E-state index in [0.717, 1.165) is 52.4 Å². The molecule has 0 aliphatic carbocycles. The maximum Gasteiger partial charge on any atom is 0.306 e. The number of Topliss-reactive ketones (excluding diaryl/α,β-unsaturated/α-hetero) is 2. The fraction of sp³-hybridized carbons (Fsp3) is 0.587. The topological polar surface area (TPSA) is 318 Å². The molecule has 3 fully saturated rings. The Morgan fingerprint density at radius 2 is 1.66 bits per heavy atom. The van der Waals surface area contributed by atoms with Crippen molar-refractivity contribution in [2.24, 2.45) is 23.7 Å². The minimum atomic E-state index is -1.64. The SMILES string of the molecule is CC[C@H](C)[C@H](CC(=O)[C@H]1CCCC[N+]1(C)Cc1ccc(OC2OCC(O)[C@H](O)[C@@H]2O)c(CC(=O)CCNC(=O)C2(N3C(=O)C=CC3=O)CNC2)c1)C(=O)N(C)[C@@H](C[C@H](OC(C)=O)c1nc(C(=O)N[C@@H](Cc2ccccc2)C[C@H](C)C(=O)O)cs1)C(C)C. The van der Waals surface area contributed by atoms with Crippen molar-refractivity contribution in [1.29, 1.82) is 0 Å². The lowest BCUT2D eigenvalue weighted by molar-refractivity contribution is -0.941. The number of imide groups is 1. The zero-order valence-corrected chi connectivity index (χ0v) is 51.8. The highest BCUT2D eigenvalue weighted by atomic mass is 32.1. The lowest BCUT2D eigenvalue weighted by Crippen LogP contribution is -2.76. The first-order valence-corrected chi connectivity index (χ1v) is 31.0. The molecule has 4 aliphatic rings. The molecule has 3 aromatic rings. The zero-order valence-electron chi connectivity index (χ0n) is 51.0. The number of aromatic nitrogens is 1. The molecule has 3 saturated heterocycles. The van der Waals surface area contributed by atoms with Crippen molar-refractivity contribution in [2.75, 3.05) is 46.9 Å². The van der Waals surface area contributed by atoms with Gasteiger partial charge in [0.1, 0.15) is 53.1 Å². The molecule has 23 nitrogen and oxygen atoms in total. The van der Waals surface area contributed by atoms with Crippen molar-refractivity contribution in [3.63, 3.8) is 0 Å². The van der Waals surface area contributed by atoms with E-state index in [0.29, 0.717) is 47.4 Å². The maximum atomic E-state index is 15.1. The van der Waals surface area contributed by atoms with Gasteiger partial charge in [-0.2, -0.15) is 0 Å². The summed E-state index contributed by atoms with van der Waals surface area (Å²) in [5.74, 6) is -6.18. The summed E-state index contributed by atoms with van der Waals surface area (Å²) in [4.78, 5) is 128. The number of thiazole rings is 1. The quantitative estimate of drug-likeness (QED) is 0.0285. The van der Waals surface area contributed by atoms with Crippen LogP contribution in [0.5, 0.6) is 5.75 Å². The van der Waals surface area contributed by atoms with Crippen molar-refractivity contribution >= 4 is 64.4 Å². The summed E-state index contributed by atoms with van der Waals surface area (Å²) in [7, 11) is 3.71. The Hall–Kier alpha value is -6.80. The highest BCUT2D eigenvalue weighted by molar-refractivity contribution is 7.09. The number of carbonyl (C=O) groups is 9. The van der Waals surface area contributed by atoms with E-state index in [4.69, 9.17) is 14.2 Å². The molecule has 0 bridgehead atoms. The number of rotatable bonds is 30. The van der Waals surface area contributed by atoms with E-state index < -0.39 is 102 Å². The monoisotopic (exact) mass is 1230 g/mol. The van der Waals surface area contributed by atoms with Crippen molar-refractivity contribution in [3.8, 4) is 5.75 Å². The Morgan fingerprint density at radius 1 is 0.954 bits per heavy atom. The largest absolute Gasteiger partial charge is 0.481 e. The van der Waals surface area contributed by atoms with Gasteiger partial charge in [-0.15, -0.1) is 11.3 Å². The molecule has 3 unspecified atom stereocenters. The minimum Gasteiger partial charge on any atom is -0.481 e. The van der Waals surface area contributed by atoms with Crippen LogP contribution >= 0.6 is 11.3 Å². The number of carboxylic acid groups (broad SMARTS) is 1. The number of quaternary nitrogens is 1. The number of aliphatic carboxylic acids is 1. The molecule has 87 heavy (non-hydrogen) atoms. The number of ether oxygens (including phenoxy) is 3. The van der Waals surface area contributed by atoms with Crippen LogP contribution in [-0.2, 0) is 67.2 Å². The molecule has 0 saturated carbocycles. The number of nitrogens with zero attached hydrogens (tertiary/aromatic N) is 4. The van der Waals surface area contributed by atoms with E-state index in [2.05, 4.69) is 20.9 Å². The first-order chi connectivity index (χ1) is 41.2. The van der Waals surface area contributed by atoms with Crippen LogP contribution in [0.3, 0.4) is 0 Å². The summed E-state index contributed by atoms with van der Waals surface area (Å²) in [6, 6.07) is 13.1. The predicted molar refractivity (Wildman–Crippen MR) is 318 cm³/mol. The average molecular weight is 1230 g/mol. The first kappa shape index (κ1) is 67.7. The van der Waals surface area contributed by atoms with Gasteiger partial charge in [-0.3, -0.25) is 48.1 Å². The average Bonchev–Trinajstić information content (AvgIpc) is 2.38. The molecule has 7 rings (SSSR count). The van der Waals surface area contributed by atoms with Crippen LogP contribution in [0, 0.1) is 23.7 Å². The molecule has 1 aromatic heterocycles. The summed E-state index contributed by atoms with van der Waals surface area (Å²) in [6.07, 6.45) is -1.63. The van der Waals surface area contributed by atoms with E-state index in [1.807, 2.05) is 65.1 Å². The molecular weight excluding hydrogens is 1140 g/mol. The number of likely N-dealkylation sites (tertiary alicyclic amines) is 1.